The molecule has 5 nitrogen and oxygen atoms in total. The number of nitrogens with two attached hydrogens (primary N) is 1. The largest absolute Gasteiger partial charge is 0.341 e. The Labute approximate surface area is 175 Å². The molecule has 28 heavy (non-hydrogen) atoms. The lowest BCUT2D eigenvalue weighted by Gasteiger charge is -2.38. The van der Waals surface area contributed by atoms with Crippen LogP contribution in [0, 0.1) is 5.92 Å². The van der Waals surface area contributed by atoms with E-state index in [-0.39, 0.29) is 30.1 Å². The number of halogens is 1. The van der Waals surface area contributed by atoms with Gasteiger partial charge in [-0.3, -0.25) is 9.59 Å². The van der Waals surface area contributed by atoms with E-state index in [0.717, 1.165) is 32.1 Å². The predicted molar refractivity (Wildman–Crippen MR) is 114 cm³/mol. The molecule has 0 aromatic heterocycles. The fraction of sp³-hybridized carbons (Fsp3) is 0.636. The smallest absolute Gasteiger partial charge is 0.242 e. The first-order valence-corrected chi connectivity index (χ1v) is 10.3. The van der Waals surface area contributed by atoms with Gasteiger partial charge in [0, 0.05) is 31.6 Å². The van der Waals surface area contributed by atoms with E-state index < -0.39 is 5.54 Å². The summed E-state index contributed by atoms with van der Waals surface area (Å²) in [5, 5.41) is 0. The minimum absolute atomic E-state index is 0. The molecule has 1 aliphatic carbocycles. The number of piperidine rings is 1. The summed E-state index contributed by atoms with van der Waals surface area (Å²) in [5.74, 6) is 0.310. The van der Waals surface area contributed by atoms with Gasteiger partial charge in [-0.15, -0.1) is 12.4 Å². The van der Waals surface area contributed by atoms with E-state index in [9.17, 15) is 9.59 Å². The maximum Gasteiger partial charge on any atom is 0.242 e. The van der Waals surface area contributed by atoms with Crippen LogP contribution in [-0.2, 0) is 16.1 Å². The number of hydrogen-bond donors (Lipinski definition) is 1. The van der Waals surface area contributed by atoms with Gasteiger partial charge in [0.2, 0.25) is 11.8 Å². The zero-order chi connectivity index (χ0) is 19.4. The van der Waals surface area contributed by atoms with Crippen molar-refractivity contribution in [2.45, 2.75) is 70.5 Å². The second-order valence-corrected chi connectivity index (χ2v) is 8.42. The number of carbonyl (C=O) groups is 2. The number of carbonyl (C=O) groups excluding carboxylic acids is 2. The molecule has 156 valence electrons. The zero-order valence-electron chi connectivity index (χ0n) is 17.1. The molecule has 1 saturated carbocycles. The second-order valence-electron chi connectivity index (χ2n) is 8.42. The number of amides is 2. The van der Waals surface area contributed by atoms with Crippen LogP contribution in [0.5, 0.6) is 0 Å². The fourth-order valence-corrected chi connectivity index (χ4v) is 4.10. The molecule has 1 atom stereocenters. The maximum absolute atomic E-state index is 13.2. The highest BCUT2D eigenvalue weighted by molar-refractivity contribution is 5.86. The SMILES string of the molecule is CCCC(C)(N)C(=O)N1CCC(C(=O)N(Cc2ccccc2)C2CC2)CC1.Cl. The van der Waals surface area contributed by atoms with Crippen molar-refractivity contribution in [1.29, 1.82) is 0 Å². The zero-order valence-corrected chi connectivity index (χ0v) is 17.9. The summed E-state index contributed by atoms with van der Waals surface area (Å²) in [7, 11) is 0. The highest BCUT2D eigenvalue weighted by Crippen LogP contribution is 2.32. The van der Waals surface area contributed by atoms with Crippen LogP contribution < -0.4 is 5.73 Å². The minimum Gasteiger partial charge on any atom is -0.341 e. The van der Waals surface area contributed by atoms with Gasteiger partial charge in [0.05, 0.1) is 5.54 Å². The lowest BCUT2D eigenvalue weighted by molar-refractivity contribution is -0.143. The topological polar surface area (TPSA) is 66.6 Å². The lowest BCUT2D eigenvalue weighted by atomic mass is 9.91. The highest BCUT2D eigenvalue weighted by Gasteiger charge is 2.39. The van der Waals surface area contributed by atoms with Crippen molar-refractivity contribution in [3.05, 3.63) is 35.9 Å². The van der Waals surface area contributed by atoms with Crippen LogP contribution in [0.15, 0.2) is 30.3 Å². The number of benzene rings is 1. The minimum atomic E-state index is -0.793. The van der Waals surface area contributed by atoms with Crippen molar-refractivity contribution in [3.8, 4) is 0 Å². The Morgan fingerprint density at radius 1 is 1.14 bits per heavy atom. The molecule has 2 aliphatic rings. The Kier molecular flexibility index (Phi) is 7.90. The Hall–Kier alpha value is -1.59. The van der Waals surface area contributed by atoms with Crippen molar-refractivity contribution in [1.82, 2.24) is 9.80 Å². The third kappa shape index (κ3) is 5.48. The van der Waals surface area contributed by atoms with E-state index in [4.69, 9.17) is 5.73 Å². The molecule has 1 saturated heterocycles. The standard InChI is InChI=1S/C22H33N3O2.ClH/c1-3-13-22(2,23)21(27)24-14-11-18(12-15-24)20(26)25(19-9-10-19)16-17-7-5-4-6-8-17;/h4-8,18-19H,3,9-16,23H2,1-2H3;1H. The molecule has 6 heteroatoms. The van der Waals surface area contributed by atoms with Gasteiger partial charge in [0.1, 0.15) is 0 Å². The molecule has 3 rings (SSSR count). The summed E-state index contributed by atoms with van der Waals surface area (Å²) < 4.78 is 0. The van der Waals surface area contributed by atoms with Crippen LogP contribution >= 0.6 is 12.4 Å². The van der Waals surface area contributed by atoms with Crippen molar-refractivity contribution >= 4 is 24.2 Å². The molecule has 1 aromatic rings. The van der Waals surface area contributed by atoms with E-state index >= 15 is 0 Å². The molecule has 0 spiro atoms. The summed E-state index contributed by atoms with van der Waals surface area (Å²) in [6.45, 7) is 5.83. The number of rotatable bonds is 7. The van der Waals surface area contributed by atoms with Crippen LogP contribution in [0.3, 0.4) is 0 Å². The Bertz CT molecular complexity index is 653. The Morgan fingerprint density at radius 3 is 2.29 bits per heavy atom. The third-order valence-corrected chi connectivity index (χ3v) is 5.86. The van der Waals surface area contributed by atoms with Crippen LogP contribution in [0.2, 0.25) is 0 Å². The first kappa shape index (κ1) is 22.7. The van der Waals surface area contributed by atoms with Crippen molar-refractivity contribution in [2.24, 2.45) is 11.7 Å². The first-order chi connectivity index (χ1) is 12.9. The van der Waals surface area contributed by atoms with Gasteiger partial charge in [-0.05, 0) is 44.6 Å². The lowest BCUT2D eigenvalue weighted by Crippen LogP contribution is -2.55. The van der Waals surface area contributed by atoms with Gasteiger partial charge in [-0.25, -0.2) is 0 Å². The summed E-state index contributed by atoms with van der Waals surface area (Å²) in [6.07, 6.45) is 5.28. The van der Waals surface area contributed by atoms with Gasteiger partial charge in [0.15, 0.2) is 0 Å². The third-order valence-electron chi connectivity index (χ3n) is 5.86. The molecule has 2 amide bonds. The maximum atomic E-state index is 13.2. The Morgan fingerprint density at radius 2 is 1.75 bits per heavy atom. The molecule has 0 bridgehead atoms. The summed E-state index contributed by atoms with van der Waals surface area (Å²) in [4.78, 5) is 29.8. The fourth-order valence-electron chi connectivity index (χ4n) is 4.10. The van der Waals surface area contributed by atoms with Crippen molar-refractivity contribution < 1.29 is 9.59 Å². The molecule has 0 radical (unpaired) electrons. The second kappa shape index (κ2) is 9.75. The normalized spacial score (nSPS) is 19.5. The van der Waals surface area contributed by atoms with Gasteiger partial charge in [-0.2, -0.15) is 0 Å². The highest BCUT2D eigenvalue weighted by atomic mass is 35.5. The van der Waals surface area contributed by atoms with Gasteiger partial charge < -0.3 is 15.5 Å². The van der Waals surface area contributed by atoms with Gasteiger partial charge in [0.25, 0.3) is 0 Å². The summed E-state index contributed by atoms with van der Waals surface area (Å²) >= 11 is 0. The van der Waals surface area contributed by atoms with Crippen molar-refractivity contribution in [2.75, 3.05) is 13.1 Å². The monoisotopic (exact) mass is 407 g/mol. The molecule has 1 heterocycles. The van der Waals surface area contributed by atoms with Crippen molar-refractivity contribution in [3.63, 3.8) is 0 Å². The molecule has 1 unspecified atom stereocenters. The molecular weight excluding hydrogens is 374 g/mol. The number of likely N-dealkylation sites (tertiary alicyclic amines) is 1. The molecular formula is C22H34ClN3O2. The number of nitrogens with zero attached hydrogens (tertiary/aromatic N) is 2. The van der Waals surface area contributed by atoms with Crippen LogP contribution in [0.1, 0.15) is 57.9 Å². The average molecular weight is 408 g/mol. The quantitative estimate of drug-likeness (QED) is 0.753. The number of hydrogen-bond acceptors (Lipinski definition) is 3. The molecule has 1 aromatic carbocycles. The van der Waals surface area contributed by atoms with E-state index in [1.165, 1.54) is 5.56 Å². The van der Waals surface area contributed by atoms with E-state index in [2.05, 4.69) is 17.0 Å². The summed E-state index contributed by atoms with van der Waals surface area (Å²) in [6, 6.07) is 10.6. The van der Waals surface area contributed by atoms with E-state index in [0.29, 0.717) is 32.1 Å². The summed E-state index contributed by atoms with van der Waals surface area (Å²) in [5.41, 5.74) is 6.60. The molecule has 2 N–H and O–H groups in total. The van der Waals surface area contributed by atoms with Gasteiger partial charge >= 0.3 is 0 Å². The van der Waals surface area contributed by atoms with E-state index in [1.54, 1.807) is 0 Å². The van der Waals surface area contributed by atoms with Crippen LogP contribution in [0.4, 0.5) is 0 Å². The first-order valence-electron chi connectivity index (χ1n) is 10.3. The van der Waals surface area contributed by atoms with Gasteiger partial charge in [-0.1, -0.05) is 43.7 Å². The average Bonchev–Trinajstić information content (AvgIpc) is 3.51. The molecule has 2 fully saturated rings. The van der Waals surface area contributed by atoms with Crippen LogP contribution in [-0.4, -0.2) is 46.3 Å². The predicted octanol–water partition coefficient (Wildman–Crippen LogP) is 3.36. The Balaban J connectivity index is 0.00000280. The van der Waals surface area contributed by atoms with E-state index in [1.807, 2.05) is 36.9 Å². The molecule has 1 aliphatic heterocycles. The van der Waals surface area contributed by atoms with Crippen LogP contribution in [0.25, 0.3) is 0 Å².